The Balaban J connectivity index is 0.919. The lowest BCUT2D eigenvalue weighted by molar-refractivity contribution is -0.231. The zero-order chi connectivity index (χ0) is 45.7. The highest BCUT2D eigenvalue weighted by atomic mass is 15.1. The molecule has 6 unspecified atom stereocenters. The number of hydrogen-bond donors (Lipinski definition) is 0. The van der Waals surface area contributed by atoms with Crippen molar-refractivity contribution in [2.24, 2.45) is 29.1 Å². The summed E-state index contributed by atoms with van der Waals surface area (Å²) in [5.74, 6) is 3.31. The van der Waals surface area contributed by atoms with Gasteiger partial charge in [0, 0.05) is 38.8 Å². The standard InChI is InChI=1S/C68H50N2/c1-3-16-44(17-4-1)52-27-14-18-45-19-15-28-58(66(45)52)56-26-9-11-30-61(56)69(51-33-35-54-53-24-7-10-29-59(53)68(60(54)41-51)64-37-43-36-48-40-65(68)67(48,64)42-43)50-23-13-20-46(38-50)47-32-34-57-55-25-8-12-31-62(55)70(63(57)39-47)49-21-5-2-6-22-49/h1-35,38-39,41,43,48,64-65H,36-37,40,42H2. The SMILES string of the molecule is c1ccc(-c2cccc3cccc(-c4ccccc4N(c4cccc(-c5ccc6c7ccccc7n(-c7ccccc7)c6c5)c4)c4ccc5c(c4)C4(c6ccccc6-5)C5CC6CC7CC4C75C6)c23)cc1. The number of rotatable bonds is 7. The first-order chi connectivity index (χ1) is 34.7. The monoisotopic (exact) mass is 894 g/mol. The molecule has 0 aliphatic heterocycles. The van der Waals surface area contributed by atoms with Crippen molar-refractivity contribution in [3.63, 3.8) is 0 Å². The Morgan fingerprint density at radius 1 is 0.414 bits per heavy atom. The van der Waals surface area contributed by atoms with Crippen LogP contribution in [-0.2, 0) is 5.41 Å². The average Bonchev–Trinajstić information content (AvgIpc) is 4.15. The Hall–Kier alpha value is -7.94. The van der Waals surface area contributed by atoms with Gasteiger partial charge >= 0.3 is 0 Å². The molecule has 2 spiro atoms. The Morgan fingerprint density at radius 3 is 1.94 bits per heavy atom. The molecule has 70 heavy (non-hydrogen) atoms. The number of para-hydroxylation sites is 3. The Bertz CT molecular complexity index is 3950. The molecule has 0 radical (unpaired) electrons. The molecular weight excluding hydrogens is 845 g/mol. The number of benzene rings is 10. The van der Waals surface area contributed by atoms with Crippen molar-refractivity contribution in [1.82, 2.24) is 4.57 Å². The van der Waals surface area contributed by atoms with Gasteiger partial charge < -0.3 is 9.47 Å². The molecule has 5 aliphatic carbocycles. The molecule has 2 heteroatoms. The highest BCUT2D eigenvalue weighted by Crippen LogP contribution is 2.89. The van der Waals surface area contributed by atoms with E-state index in [1.54, 1.807) is 11.1 Å². The van der Waals surface area contributed by atoms with Crippen LogP contribution in [0.4, 0.5) is 17.1 Å². The fraction of sp³-hybridized carbons (Fsp3) is 0.147. The Morgan fingerprint density at radius 2 is 1.07 bits per heavy atom. The maximum Gasteiger partial charge on any atom is 0.0547 e. The third-order valence-corrected chi connectivity index (χ3v) is 18.4. The largest absolute Gasteiger partial charge is 0.310 e. The van der Waals surface area contributed by atoms with Crippen LogP contribution in [0.25, 0.3) is 82.8 Å². The van der Waals surface area contributed by atoms with E-state index < -0.39 is 0 Å². The number of fused-ring (bicyclic) bond motifs is 12. The highest BCUT2D eigenvalue weighted by Gasteiger charge is 2.84. The van der Waals surface area contributed by atoms with Gasteiger partial charge in [-0.15, -0.1) is 0 Å². The van der Waals surface area contributed by atoms with Crippen LogP contribution in [-0.4, -0.2) is 4.57 Å². The molecule has 332 valence electrons. The third-order valence-electron chi connectivity index (χ3n) is 18.4. The summed E-state index contributed by atoms with van der Waals surface area (Å²) >= 11 is 0. The zero-order valence-electron chi connectivity index (χ0n) is 39.0. The number of aromatic nitrogens is 1. The van der Waals surface area contributed by atoms with E-state index in [2.05, 4.69) is 240 Å². The lowest BCUT2D eigenvalue weighted by atomic mass is 9.27. The van der Waals surface area contributed by atoms with E-state index in [0.717, 1.165) is 29.4 Å². The van der Waals surface area contributed by atoms with Gasteiger partial charge in [0.05, 0.1) is 16.7 Å². The summed E-state index contributed by atoms with van der Waals surface area (Å²) in [4.78, 5) is 2.60. The molecule has 16 rings (SSSR count). The van der Waals surface area contributed by atoms with E-state index in [-0.39, 0.29) is 5.41 Å². The van der Waals surface area contributed by atoms with E-state index in [1.165, 1.54) is 120 Å². The topological polar surface area (TPSA) is 8.17 Å². The molecule has 11 aromatic rings. The molecule has 0 amide bonds. The first-order valence-corrected chi connectivity index (χ1v) is 25.6. The number of hydrogen-bond acceptors (Lipinski definition) is 1. The van der Waals surface area contributed by atoms with E-state index in [4.69, 9.17) is 0 Å². The maximum absolute atomic E-state index is 2.66. The van der Waals surface area contributed by atoms with Gasteiger partial charge in [-0.1, -0.05) is 176 Å². The van der Waals surface area contributed by atoms with Crippen LogP contribution < -0.4 is 4.90 Å². The Labute approximate surface area is 409 Å². The summed E-state index contributed by atoms with van der Waals surface area (Å²) in [6.07, 6.45) is 5.71. The highest BCUT2D eigenvalue weighted by molar-refractivity contribution is 6.11. The first-order valence-electron chi connectivity index (χ1n) is 25.6. The molecular formula is C68H50N2. The molecule has 1 aromatic heterocycles. The minimum absolute atomic E-state index is 0.0908. The smallest absolute Gasteiger partial charge is 0.0547 e. The van der Waals surface area contributed by atoms with E-state index in [1.807, 2.05) is 0 Å². The second kappa shape index (κ2) is 14.3. The van der Waals surface area contributed by atoms with Crippen molar-refractivity contribution in [2.45, 2.75) is 31.1 Å². The van der Waals surface area contributed by atoms with Crippen LogP contribution in [0.2, 0.25) is 0 Å². The molecule has 5 aliphatic rings. The van der Waals surface area contributed by atoms with E-state index in [0.29, 0.717) is 5.41 Å². The lowest BCUT2D eigenvalue weighted by Crippen LogP contribution is -2.73. The molecule has 2 nitrogen and oxygen atoms in total. The second-order valence-electron chi connectivity index (χ2n) is 21.2. The fourth-order valence-electron chi connectivity index (χ4n) is 16.0. The van der Waals surface area contributed by atoms with Crippen molar-refractivity contribution in [2.75, 3.05) is 4.90 Å². The average molecular weight is 895 g/mol. The van der Waals surface area contributed by atoms with Gasteiger partial charge in [-0.2, -0.15) is 0 Å². The minimum atomic E-state index is 0.0908. The first kappa shape index (κ1) is 39.0. The van der Waals surface area contributed by atoms with Crippen LogP contribution in [0.1, 0.15) is 36.8 Å². The van der Waals surface area contributed by atoms with Crippen LogP contribution in [0, 0.1) is 29.1 Å². The quantitative estimate of drug-likeness (QED) is 0.155. The van der Waals surface area contributed by atoms with Crippen molar-refractivity contribution < 1.29 is 0 Å². The predicted octanol–water partition coefficient (Wildman–Crippen LogP) is 17.7. The summed E-state index contributed by atoms with van der Waals surface area (Å²) in [6.45, 7) is 0. The molecule has 0 saturated heterocycles. The van der Waals surface area contributed by atoms with Gasteiger partial charge in [0.15, 0.2) is 0 Å². The summed E-state index contributed by atoms with van der Waals surface area (Å²) in [7, 11) is 0. The van der Waals surface area contributed by atoms with Crippen molar-refractivity contribution in [3.8, 4) is 50.2 Å². The molecule has 0 N–H and O–H groups in total. The third kappa shape index (κ3) is 5.03. The molecule has 6 atom stereocenters. The van der Waals surface area contributed by atoms with Crippen molar-refractivity contribution in [3.05, 3.63) is 242 Å². The lowest BCUT2D eigenvalue weighted by Gasteiger charge is -2.76. The summed E-state index contributed by atoms with van der Waals surface area (Å²) in [5, 5.41) is 5.05. The van der Waals surface area contributed by atoms with Gasteiger partial charge in [-0.3, -0.25) is 0 Å². The molecule has 10 aromatic carbocycles. The van der Waals surface area contributed by atoms with Crippen LogP contribution in [0.15, 0.2) is 231 Å². The second-order valence-corrected chi connectivity index (χ2v) is 21.2. The van der Waals surface area contributed by atoms with E-state index >= 15 is 0 Å². The minimum Gasteiger partial charge on any atom is -0.310 e. The van der Waals surface area contributed by atoms with E-state index in [9.17, 15) is 0 Å². The predicted molar refractivity (Wildman–Crippen MR) is 290 cm³/mol. The van der Waals surface area contributed by atoms with Crippen LogP contribution in [0.3, 0.4) is 0 Å². The molecule has 4 saturated carbocycles. The van der Waals surface area contributed by atoms with Gasteiger partial charge in [-0.05, 0) is 170 Å². The molecule has 1 heterocycles. The van der Waals surface area contributed by atoms with Gasteiger partial charge in [0.2, 0.25) is 0 Å². The van der Waals surface area contributed by atoms with Crippen molar-refractivity contribution in [1.29, 1.82) is 0 Å². The normalized spacial score (nSPS) is 23.0. The number of anilines is 3. The summed E-state index contributed by atoms with van der Waals surface area (Å²) < 4.78 is 2.43. The van der Waals surface area contributed by atoms with Crippen molar-refractivity contribution >= 4 is 49.6 Å². The maximum atomic E-state index is 2.66. The summed E-state index contributed by atoms with van der Waals surface area (Å²) in [6, 6.07) is 86.9. The van der Waals surface area contributed by atoms with Gasteiger partial charge in [-0.25, -0.2) is 0 Å². The van der Waals surface area contributed by atoms with Gasteiger partial charge in [0.25, 0.3) is 0 Å². The fourth-order valence-corrected chi connectivity index (χ4v) is 16.0. The molecule has 2 bridgehead atoms. The summed E-state index contributed by atoms with van der Waals surface area (Å²) in [5.41, 5.74) is 21.2. The van der Waals surface area contributed by atoms with Gasteiger partial charge in [0.1, 0.15) is 0 Å². The Kier molecular flexibility index (Phi) is 7.97. The van der Waals surface area contributed by atoms with Crippen LogP contribution >= 0.6 is 0 Å². The van der Waals surface area contributed by atoms with Crippen LogP contribution in [0.5, 0.6) is 0 Å². The molecule has 4 fully saturated rings. The zero-order valence-corrected chi connectivity index (χ0v) is 39.0. The number of nitrogens with zero attached hydrogens (tertiary/aromatic N) is 2.